The fraction of sp³-hybridized carbons (Fsp3) is 0.214. The van der Waals surface area contributed by atoms with E-state index in [0.29, 0.717) is 5.13 Å². The van der Waals surface area contributed by atoms with Crippen LogP contribution in [-0.2, 0) is 4.79 Å². The molecule has 1 atom stereocenters. The zero-order valence-corrected chi connectivity index (χ0v) is 20.6. The van der Waals surface area contributed by atoms with Crippen LogP contribution in [-0.4, -0.2) is 38.7 Å². The zero-order valence-electron chi connectivity index (χ0n) is 19.7. The number of fused-ring (bicyclic) bond motifs is 1. The predicted octanol–water partition coefficient (Wildman–Crippen LogP) is 5.77. The van der Waals surface area contributed by atoms with Gasteiger partial charge in [0.1, 0.15) is 5.82 Å². The Kier molecular flexibility index (Phi) is 6.17. The summed E-state index contributed by atoms with van der Waals surface area (Å²) in [6.07, 6.45) is 9.31. The summed E-state index contributed by atoms with van der Waals surface area (Å²) in [6, 6.07) is 19.5. The molecule has 2 aromatic carbocycles. The number of carbonyl (C=O) groups is 1. The summed E-state index contributed by atoms with van der Waals surface area (Å²) >= 11 is 1.39. The summed E-state index contributed by atoms with van der Waals surface area (Å²) in [5, 5.41) is 11.1. The van der Waals surface area contributed by atoms with Gasteiger partial charge in [-0.05, 0) is 48.6 Å². The van der Waals surface area contributed by atoms with E-state index in [2.05, 4.69) is 39.5 Å². The third kappa shape index (κ3) is 4.59. The molecule has 0 saturated carbocycles. The first kappa shape index (κ1) is 22.4. The molecule has 0 bridgehead atoms. The van der Waals surface area contributed by atoms with Crippen LogP contribution in [0.15, 0.2) is 84.6 Å². The Morgan fingerprint density at radius 2 is 1.78 bits per heavy atom. The van der Waals surface area contributed by atoms with Gasteiger partial charge in [0.2, 0.25) is 0 Å². The molecule has 36 heavy (non-hydrogen) atoms. The highest BCUT2D eigenvalue weighted by Gasteiger charge is 2.25. The number of hydrogen-bond donors (Lipinski definition) is 1. The van der Waals surface area contributed by atoms with Gasteiger partial charge in [0.05, 0.1) is 5.52 Å². The minimum atomic E-state index is -0.614. The lowest BCUT2D eigenvalue weighted by atomic mass is 10.1. The molecule has 1 fully saturated rings. The molecule has 0 aliphatic carbocycles. The number of rotatable bonds is 6. The van der Waals surface area contributed by atoms with Crippen molar-refractivity contribution < 1.29 is 4.79 Å². The summed E-state index contributed by atoms with van der Waals surface area (Å²) in [5.74, 6) is 0.863. The van der Waals surface area contributed by atoms with Gasteiger partial charge in [0.25, 0.3) is 5.91 Å². The maximum atomic E-state index is 13.3. The normalized spacial score (nSPS) is 14.6. The highest BCUT2D eigenvalue weighted by Crippen LogP contribution is 2.28. The minimum Gasteiger partial charge on any atom is -0.357 e. The molecule has 1 N–H and O–H groups in total. The van der Waals surface area contributed by atoms with Crippen LogP contribution in [0.2, 0.25) is 0 Å². The van der Waals surface area contributed by atoms with Crippen molar-refractivity contribution in [3.63, 3.8) is 0 Å². The van der Waals surface area contributed by atoms with Crippen molar-refractivity contribution in [2.75, 3.05) is 23.3 Å². The maximum Gasteiger partial charge on any atom is 0.255 e. The van der Waals surface area contributed by atoms with Gasteiger partial charge in [0.15, 0.2) is 11.2 Å². The first-order valence-corrected chi connectivity index (χ1v) is 13.1. The third-order valence-electron chi connectivity index (χ3n) is 6.58. The number of amides is 1. The van der Waals surface area contributed by atoms with E-state index in [-0.39, 0.29) is 5.91 Å². The lowest BCUT2D eigenvalue weighted by molar-refractivity contribution is -0.118. The standard InChI is InChI=1S/C28H26N6OS/c35-27(31-28-29-13-16-36-28)26(20-7-3-1-4-8-20)34-19-23-10-9-21(17-24(23)32-34)22-11-12-25(30-18-22)33-14-5-2-6-15-33/h1,3-4,7-13,16-19,26H,2,5-6,14-15H2,(H,29,31,35). The third-order valence-corrected chi connectivity index (χ3v) is 7.27. The van der Waals surface area contributed by atoms with E-state index in [1.54, 1.807) is 10.9 Å². The molecule has 0 radical (unpaired) electrons. The molecule has 1 amide bonds. The van der Waals surface area contributed by atoms with Crippen molar-refractivity contribution in [1.29, 1.82) is 0 Å². The summed E-state index contributed by atoms with van der Waals surface area (Å²) in [4.78, 5) is 24.6. The molecule has 1 aliphatic rings. The Hall–Kier alpha value is -4.04. The second-order valence-corrected chi connectivity index (χ2v) is 9.87. The van der Waals surface area contributed by atoms with Gasteiger partial charge >= 0.3 is 0 Å². The van der Waals surface area contributed by atoms with Crippen molar-refractivity contribution in [1.82, 2.24) is 19.7 Å². The monoisotopic (exact) mass is 494 g/mol. The molecule has 180 valence electrons. The van der Waals surface area contributed by atoms with Crippen LogP contribution in [0.3, 0.4) is 0 Å². The number of nitrogens with zero attached hydrogens (tertiary/aromatic N) is 5. The average Bonchev–Trinajstić information content (AvgIpc) is 3.59. The molecule has 8 heteroatoms. The van der Waals surface area contributed by atoms with Crippen molar-refractivity contribution in [3.05, 3.63) is 90.2 Å². The van der Waals surface area contributed by atoms with E-state index in [1.807, 2.05) is 54.2 Å². The van der Waals surface area contributed by atoms with Gasteiger partial charge in [-0.25, -0.2) is 9.97 Å². The van der Waals surface area contributed by atoms with Crippen LogP contribution in [0.25, 0.3) is 22.0 Å². The Balaban J connectivity index is 1.30. The molecule has 3 aromatic heterocycles. The molecule has 4 heterocycles. The highest BCUT2D eigenvalue weighted by atomic mass is 32.1. The largest absolute Gasteiger partial charge is 0.357 e. The Morgan fingerprint density at radius 3 is 2.53 bits per heavy atom. The van der Waals surface area contributed by atoms with Gasteiger partial charge in [-0.3, -0.25) is 14.8 Å². The average molecular weight is 495 g/mol. The molecule has 1 unspecified atom stereocenters. The van der Waals surface area contributed by atoms with Gasteiger partial charge < -0.3 is 4.90 Å². The number of carbonyl (C=O) groups excluding carboxylic acids is 1. The molecule has 6 rings (SSSR count). The van der Waals surface area contributed by atoms with E-state index in [9.17, 15) is 4.79 Å². The van der Waals surface area contributed by atoms with Crippen molar-refractivity contribution in [2.45, 2.75) is 25.3 Å². The lowest BCUT2D eigenvalue weighted by Crippen LogP contribution is -2.29. The van der Waals surface area contributed by atoms with Crippen molar-refractivity contribution >= 4 is 39.1 Å². The van der Waals surface area contributed by atoms with Crippen LogP contribution >= 0.6 is 11.3 Å². The molecule has 1 saturated heterocycles. The SMILES string of the molecule is O=C(Nc1nccs1)C(c1ccccc1)n1cc2ccc(-c3ccc(N4CCCCC4)nc3)cc2n1. The number of anilines is 2. The smallest absolute Gasteiger partial charge is 0.255 e. The fourth-order valence-electron chi connectivity index (χ4n) is 4.73. The summed E-state index contributed by atoms with van der Waals surface area (Å²) < 4.78 is 1.74. The van der Waals surface area contributed by atoms with E-state index in [0.717, 1.165) is 46.5 Å². The van der Waals surface area contributed by atoms with E-state index in [1.165, 1.54) is 30.6 Å². The van der Waals surface area contributed by atoms with Crippen LogP contribution in [0.4, 0.5) is 10.9 Å². The summed E-state index contributed by atoms with van der Waals surface area (Å²) in [6.45, 7) is 2.16. The molecule has 0 spiro atoms. The number of thiazole rings is 1. The quantitative estimate of drug-likeness (QED) is 0.324. The van der Waals surface area contributed by atoms with E-state index in [4.69, 9.17) is 10.1 Å². The molecular weight excluding hydrogens is 468 g/mol. The number of aromatic nitrogens is 4. The van der Waals surface area contributed by atoms with Crippen molar-refractivity contribution in [3.8, 4) is 11.1 Å². The molecule has 5 aromatic rings. The topological polar surface area (TPSA) is 75.9 Å². The number of piperidine rings is 1. The first-order valence-electron chi connectivity index (χ1n) is 12.2. The molecule has 7 nitrogen and oxygen atoms in total. The number of hydrogen-bond acceptors (Lipinski definition) is 6. The highest BCUT2D eigenvalue weighted by molar-refractivity contribution is 7.13. The Bertz CT molecular complexity index is 1460. The summed E-state index contributed by atoms with van der Waals surface area (Å²) in [5.41, 5.74) is 3.79. The Morgan fingerprint density at radius 1 is 0.944 bits per heavy atom. The lowest BCUT2D eigenvalue weighted by Gasteiger charge is -2.27. The van der Waals surface area contributed by atoms with Gasteiger partial charge in [-0.15, -0.1) is 11.3 Å². The van der Waals surface area contributed by atoms with E-state index < -0.39 is 6.04 Å². The van der Waals surface area contributed by atoms with Gasteiger partial charge in [0, 0.05) is 48.0 Å². The van der Waals surface area contributed by atoms with Crippen LogP contribution < -0.4 is 10.2 Å². The minimum absolute atomic E-state index is 0.179. The summed E-state index contributed by atoms with van der Waals surface area (Å²) in [7, 11) is 0. The van der Waals surface area contributed by atoms with Crippen LogP contribution in [0.1, 0.15) is 30.9 Å². The molecular formula is C28H26N6OS. The zero-order chi connectivity index (χ0) is 24.3. The fourth-order valence-corrected chi connectivity index (χ4v) is 5.26. The molecule has 1 aliphatic heterocycles. The van der Waals surface area contributed by atoms with Crippen LogP contribution in [0.5, 0.6) is 0 Å². The van der Waals surface area contributed by atoms with Crippen molar-refractivity contribution in [2.24, 2.45) is 0 Å². The van der Waals surface area contributed by atoms with Gasteiger partial charge in [-0.1, -0.05) is 42.5 Å². The predicted molar refractivity (Wildman–Crippen MR) is 144 cm³/mol. The van der Waals surface area contributed by atoms with Crippen LogP contribution in [0, 0.1) is 0 Å². The van der Waals surface area contributed by atoms with Gasteiger partial charge in [-0.2, -0.15) is 5.10 Å². The number of pyridine rings is 1. The number of nitrogens with one attached hydrogen (secondary N) is 1. The maximum absolute atomic E-state index is 13.3. The first-order chi connectivity index (χ1) is 17.7. The second kappa shape index (κ2) is 9.91. The second-order valence-electron chi connectivity index (χ2n) is 8.98. The Labute approximate surface area is 213 Å². The van der Waals surface area contributed by atoms with E-state index >= 15 is 0 Å². The number of benzene rings is 2.